The first-order valence-corrected chi connectivity index (χ1v) is 6.27. The predicted octanol–water partition coefficient (Wildman–Crippen LogP) is 3.19. The Bertz CT molecular complexity index is 355. The minimum atomic E-state index is -1.28. The minimum Gasteiger partial charge on any atom is -0.460 e. The molecule has 0 saturated carbocycles. The zero-order valence-electron chi connectivity index (χ0n) is 11.9. The summed E-state index contributed by atoms with van der Waals surface area (Å²) >= 11 is 0. The highest BCUT2D eigenvalue weighted by molar-refractivity contribution is 5.74. The smallest absolute Gasteiger partial charge is 0.311 e. The minimum absolute atomic E-state index is 0.400. The molecule has 1 atom stereocenters. The molecule has 0 amide bonds. The van der Waals surface area contributed by atoms with E-state index in [1.807, 2.05) is 19.1 Å². The Labute approximate surface area is 110 Å². The first kappa shape index (κ1) is 16.4. The van der Waals surface area contributed by atoms with Gasteiger partial charge in [-0.25, -0.2) is 0 Å². The van der Waals surface area contributed by atoms with Gasteiger partial charge in [0.25, 0.3) is 0 Å². The van der Waals surface area contributed by atoms with Gasteiger partial charge in [0.05, 0.1) is 18.1 Å². The van der Waals surface area contributed by atoms with Crippen molar-refractivity contribution in [1.29, 1.82) is 10.5 Å². The van der Waals surface area contributed by atoms with Crippen LogP contribution in [0.25, 0.3) is 0 Å². The molecule has 0 aliphatic rings. The second-order valence-electron chi connectivity index (χ2n) is 5.55. The number of carbonyl (C=O) groups is 1. The van der Waals surface area contributed by atoms with E-state index in [0.29, 0.717) is 6.42 Å². The Hall–Kier alpha value is -1.55. The standard InChI is InChI=1S/C14H22N2O2/c1-6-7-8-14(9-15,10-16)11(2)12(17)18-13(3,4)5/h11H,6-8H2,1-5H3. The van der Waals surface area contributed by atoms with Crippen LogP contribution in [-0.2, 0) is 9.53 Å². The summed E-state index contributed by atoms with van der Waals surface area (Å²) in [6.07, 6.45) is 2.03. The maximum Gasteiger partial charge on any atom is 0.311 e. The van der Waals surface area contributed by atoms with Crippen molar-refractivity contribution in [2.24, 2.45) is 11.3 Å². The van der Waals surface area contributed by atoms with E-state index in [9.17, 15) is 15.3 Å². The molecular weight excluding hydrogens is 228 g/mol. The van der Waals surface area contributed by atoms with Gasteiger partial charge in [0, 0.05) is 0 Å². The van der Waals surface area contributed by atoms with Gasteiger partial charge in [0.15, 0.2) is 5.41 Å². The molecule has 0 rings (SSSR count). The van der Waals surface area contributed by atoms with Crippen LogP contribution in [0.15, 0.2) is 0 Å². The van der Waals surface area contributed by atoms with Crippen molar-refractivity contribution in [1.82, 2.24) is 0 Å². The third-order valence-corrected chi connectivity index (χ3v) is 2.82. The molecule has 0 fully saturated rings. The molecule has 1 unspecified atom stereocenters. The molecule has 0 saturated heterocycles. The van der Waals surface area contributed by atoms with Gasteiger partial charge in [-0.1, -0.05) is 19.8 Å². The van der Waals surface area contributed by atoms with Crippen LogP contribution in [0.4, 0.5) is 0 Å². The summed E-state index contributed by atoms with van der Waals surface area (Å²) in [6, 6.07) is 4.01. The van der Waals surface area contributed by atoms with Gasteiger partial charge in [-0.15, -0.1) is 0 Å². The van der Waals surface area contributed by atoms with Gasteiger partial charge in [-0.05, 0) is 34.1 Å². The fourth-order valence-electron chi connectivity index (χ4n) is 1.59. The highest BCUT2D eigenvalue weighted by Gasteiger charge is 2.42. The van der Waals surface area contributed by atoms with Crippen LogP contribution in [0.2, 0.25) is 0 Å². The number of carbonyl (C=O) groups excluding carboxylic acids is 1. The van der Waals surface area contributed by atoms with Crippen LogP contribution in [0.1, 0.15) is 53.9 Å². The summed E-state index contributed by atoms with van der Waals surface area (Å²) in [6.45, 7) is 8.88. The summed E-state index contributed by atoms with van der Waals surface area (Å²) in [5.74, 6) is -1.22. The number of hydrogen-bond donors (Lipinski definition) is 0. The molecule has 0 bridgehead atoms. The van der Waals surface area contributed by atoms with Crippen LogP contribution in [0.3, 0.4) is 0 Å². The van der Waals surface area contributed by atoms with Crippen molar-refractivity contribution in [2.75, 3.05) is 0 Å². The Balaban J connectivity index is 5.00. The summed E-state index contributed by atoms with van der Waals surface area (Å²) in [7, 11) is 0. The lowest BCUT2D eigenvalue weighted by Crippen LogP contribution is -2.36. The third kappa shape index (κ3) is 4.37. The second kappa shape index (κ2) is 6.40. The fraction of sp³-hybridized carbons (Fsp3) is 0.786. The topological polar surface area (TPSA) is 73.9 Å². The highest BCUT2D eigenvalue weighted by Crippen LogP contribution is 2.34. The first-order valence-electron chi connectivity index (χ1n) is 6.27. The average Bonchev–Trinajstić information content (AvgIpc) is 2.28. The van der Waals surface area contributed by atoms with Crippen LogP contribution in [-0.4, -0.2) is 11.6 Å². The first-order chi connectivity index (χ1) is 8.22. The van der Waals surface area contributed by atoms with E-state index in [2.05, 4.69) is 0 Å². The van der Waals surface area contributed by atoms with E-state index in [-0.39, 0.29) is 0 Å². The second-order valence-corrected chi connectivity index (χ2v) is 5.55. The quantitative estimate of drug-likeness (QED) is 0.702. The Morgan fingerprint density at radius 3 is 2.11 bits per heavy atom. The molecule has 100 valence electrons. The van der Waals surface area contributed by atoms with Gasteiger partial charge in [0.2, 0.25) is 0 Å². The molecular formula is C14H22N2O2. The number of ether oxygens (including phenoxy) is 1. The maximum absolute atomic E-state index is 12.0. The van der Waals surface area contributed by atoms with Gasteiger partial charge < -0.3 is 4.74 Å². The van der Waals surface area contributed by atoms with Gasteiger partial charge in [-0.3, -0.25) is 4.79 Å². The molecule has 0 aromatic heterocycles. The molecule has 0 heterocycles. The summed E-state index contributed by atoms with van der Waals surface area (Å²) in [5, 5.41) is 18.5. The molecule has 0 aliphatic carbocycles. The molecule has 0 spiro atoms. The van der Waals surface area contributed by atoms with Crippen LogP contribution in [0, 0.1) is 34.0 Å². The van der Waals surface area contributed by atoms with E-state index in [1.54, 1.807) is 27.7 Å². The normalized spacial score (nSPS) is 13.3. The lowest BCUT2D eigenvalue weighted by molar-refractivity contribution is -0.161. The van der Waals surface area contributed by atoms with E-state index in [1.165, 1.54) is 0 Å². The number of unbranched alkanes of at least 4 members (excludes halogenated alkanes) is 1. The summed E-state index contributed by atoms with van der Waals surface area (Å²) < 4.78 is 5.25. The monoisotopic (exact) mass is 250 g/mol. The third-order valence-electron chi connectivity index (χ3n) is 2.82. The molecule has 0 N–H and O–H groups in total. The molecule has 0 aromatic carbocycles. The van der Waals surface area contributed by atoms with E-state index in [4.69, 9.17) is 4.74 Å². The molecule has 4 nitrogen and oxygen atoms in total. The van der Waals surface area contributed by atoms with Crippen LogP contribution >= 0.6 is 0 Å². The molecule has 4 heteroatoms. The van der Waals surface area contributed by atoms with Crippen molar-refractivity contribution < 1.29 is 9.53 Å². The van der Waals surface area contributed by atoms with E-state index in [0.717, 1.165) is 12.8 Å². The number of nitrogens with zero attached hydrogens (tertiary/aromatic N) is 2. The largest absolute Gasteiger partial charge is 0.460 e. The van der Waals surface area contributed by atoms with Crippen molar-refractivity contribution in [3.63, 3.8) is 0 Å². The number of hydrogen-bond acceptors (Lipinski definition) is 4. The molecule has 0 aromatic rings. The lowest BCUT2D eigenvalue weighted by Gasteiger charge is -2.28. The van der Waals surface area contributed by atoms with Crippen molar-refractivity contribution in [3.05, 3.63) is 0 Å². The predicted molar refractivity (Wildman–Crippen MR) is 68.2 cm³/mol. The number of esters is 1. The van der Waals surface area contributed by atoms with Gasteiger partial charge >= 0.3 is 5.97 Å². The van der Waals surface area contributed by atoms with Crippen molar-refractivity contribution in [2.45, 2.75) is 59.5 Å². The molecule has 0 radical (unpaired) electrons. The lowest BCUT2D eigenvalue weighted by atomic mass is 9.75. The molecule has 18 heavy (non-hydrogen) atoms. The maximum atomic E-state index is 12.0. The fourth-order valence-corrected chi connectivity index (χ4v) is 1.59. The van der Waals surface area contributed by atoms with Crippen LogP contribution in [0.5, 0.6) is 0 Å². The van der Waals surface area contributed by atoms with E-state index >= 15 is 0 Å². The van der Waals surface area contributed by atoms with Crippen molar-refractivity contribution in [3.8, 4) is 12.1 Å². The Morgan fingerprint density at radius 2 is 1.78 bits per heavy atom. The van der Waals surface area contributed by atoms with Gasteiger partial charge in [0.1, 0.15) is 5.60 Å². The summed E-state index contributed by atoms with van der Waals surface area (Å²) in [5.41, 5.74) is -1.88. The highest BCUT2D eigenvalue weighted by atomic mass is 16.6. The van der Waals surface area contributed by atoms with Crippen molar-refractivity contribution >= 4 is 5.97 Å². The Kier molecular flexibility index (Phi) is 5.85. The Morgan fingerprint density at radius 1 is 1.28 bits per heavy atom. The summed E-state index contributed by atoms with van der Waals surface area (Å²) in [4.78, 5) is 12.0. The zero-order chi connectivity index (χ0) is 14.4. The number of nitriles is 2. The van der Waals surface area contributed by atoms with Crippen LogP contribution < -0.4 is 0 Å². The van der Waals surface area contributed by atoms with Gasteiger partial charge in [-0.2, -0.15) is 10.5 Å². The average molecular weight is 250 g/mol. The molecule has 0 aliphatic heterocycles. The SMILES string of the molecule is CCCCC(C#N)(C#N)C(C)C(=O)OC(C)(C)C. The van der Waals surface area contributed by atoms with E-state index < -0.39 is 22.9 Å². The zero-order valence-corrected chi connectivity index (χ0v) is 11.9. The number of rotatable bonds is 5.